The zero-order valence-corrected chi connectivity index (χ0v) is 10.4. The van der Waals surface area contributed by atoms with Gasteiger partial charge in [-0.2, -0.15) is 0 Å². The Labute approximate surface area is 92.9 Å². The quantitative estimate of drug-likeness (QED) is 0.711. The van der Waals surface area contributed by atoms with Crippen LogP contribution in [0.1, 0.15) is 33.1 Å². The van der Waals surface area contributed by atoms with E-state index < -0.39 is 10.0 Å². The van der Waals surface area contributed by atoms with E-state index in [1.807, 2.05) is 13.8 Å². The monoisotopic (exact) mass is 234 g/mol. The molecule has 0 bridgehead atoms. The largest absolute Gasteiger partial charge is 0.314 e. The number of hydrogen-bond acceptors (Lipinski definition) is 3. The molecule has 0 aromatic carbocycles. The summed E-state index contributed by atoms with van der Waals surface area (Å²) < 4.78 is 25.6. The fourth-order valence-corrected chi connectivity index (χ4v) is 3.31. The number of nitrogens with one attached hydrogen (secondary N) is 2. The van der Waals surface area contributed by atoms with Crippen LogP contribution in [-0.4, -0.2) is 33.3 Å². The van der Waals surface area contributed by atoms with Crippen molar-refractivity contribution in [3.63, 3.8) is 0 Å². The van der Waals surface area contributed by atoms with Crippen molar-refractivity contribution in [3.05, 3.63) is 0 Å². The Morgan fingerprint density at radius 1 is 1.47 bits per heavy atom. The molecule has 1 aliphatic heterocycles. The maximum atomic E-state index is 11.5. The van der Waals surface area contributed by atoms with Crippen LogP contribution in [0.3, 0.4) is 0 Å². The second kappa shape index (κ2) is 5.82. The van der Waals surface area contributed by atoms with E-state index in [2.05, 4.69) is 10.0 Å². The van der Waals surface area contributed by atoms with Crippen LogP contribution in [0.4, 0.5) is 0 Å². The molecule has 4 nitrogen and oxygen atoms in total. The van der Waals surface area contributed by atoms with Gasteiger partial charge in [0.25, 0.3) is 0 Å². The van der Waals surface area contributed by atoms with Gasteiger partial charge in [0, 0.05) is 12.6 Å². The summed E-state index contributed by atoms with van der Waals surface area (Å²) in [5.74, 6) is 0.414. The number of sulfonamides is 1. The molecule has 0 unspecified atom stereocenters. The molecule has 0 radical (unpaired) electrons. The van der Waals surface area contributed by atoms with E-state index >= 15 is 0 Å². The smallest absolute Gasteiger partial charge is 0.211 e. The van der Waals surface area contributed by atoms with Crippen LogP contribution in [0.5, 0.6) is 0 Å². The van der Waals surface area contributed by atoms with Gasteiger partial charge in [-0.05, 0) is 31.7 Å². The van der Waals surface area contributed by atoms with Crippen LogP contribution in [0.15, 0.2) is 0 Å². The van der Waals surface area contributed by atoms with Crippen molar-refractivity contribution in [2.45, 2.75) is 39.2 Å². The Morgan fingerprint density at radius 2 is 2.20 bits per heavy atom. The normalized spacial score (nSPS) is 22.5. The lowest BCUT2D eigenvalue weighted by atomic mass is 10.2. The van der Waals surface area contributed by atoms with Crippen LogP contribution in [0.2, 0.25) is 0 Å². The minimum Gasteiger partial charge on any atom is -0.314 e. The second-order valence-corrected chi connectivity index (χ2v) is 6.50. The third-order valence-electron chi connectivity index (χ3n) is 2.53. The lowest BCUT2D eigenvalue weighted by Crippen LogP contribution is -2.33. The molecule has 5 heteroatoms. The van der Waals surface area contributed by atoms with Gasteiger partial charge >= 0.3 is 0 Å². The van der Waals surface area contributed by atoms with Crippen molar-refractivity contribution in [3.8, 4) is 0 Å². The lowest BCUT2D eigenvalue weighted by molar-refractivity contribution is 0.535. The van der Waals surface area contributed by atoms with Crippen molar-refractivity contribution < 1.29 is 8.42 Å². The predicted molar refractivity (Wildman–Crippen MR) is 62.3 cm³/mol. The summed E-state index contributed by atoms with van der Waals surface area (Å²) in [5, 5.41) is 3.35. The van der Waals surface area contributed by atoms with Crippen LogP contribution in [0, 0.1) is 5.92 Å². The average molecular weight is 234 g/mol. The van der Waals surface area contributed by atoms with E-state index in [4.69, 9.17) is 0 Å². The minimum absolute atomic E-state index is 0.187. The van der Waals surface area contributed by atoms with Gasteiger partial charge in [-0.15, -0.1) is 0 Å². The Kier molecular flexibility index (Phi) is 5.02. The van der Waals surface area contributed by atoms with Crippen molar-refractivity contribution >= 4 is 10.0 Å². The highest BCUT2D eigenvalue weighted by molar-refractivity contribution is 7.89. The van der Waals surface area contributed by atoms with Gasteiger partial charge in [0.05, 0.1) is 5.75 Å². The van der Waals surface area contributed by atoms with E-state index in [-0.39, 0.29) is 11.7 Å². The Hall–Kier alpha value is -0.130. The van der Waals surface area contributed by atoms with E-state index in [9.17, 15) is 8.42 Å². The summed E-state index contributed by atoms with van der Waals surface area (Å²) in [6.07, 6.45) is 3.28. The van der Waals surface area contributed by atoms with Crippen LogP contribution >= 0.6 is 0 Å². The van der Waals surface area contributed by atoms with E-state index in [0.717, 1.165) is 13.0 Å². The number of rotatable bonds is 6. The van der Waals surface area contributed by atoms with Gasteiger partial charge in [-0.3, -0.25) is 0 Å². The van der Waals surface area contributed by atoms with Gasteiger partial charge in [0.15, 0.2) is 0 Å². The molecule has 1 rings (SSSR count). The highest BCUT2D eigenvalue weighted by Gasteiger charge is 2.16. The zero-order chi connectivity index (χ0) is 11.3. The van der Waals surface area contributed by atoms with Gasteiger partial charge < -0.3 is 5.32 Å². The van der Waals surface area contributed by atoms with Gasteiger partial charge in [0.1, 0.15) is 0 Å². The average Bonchev–Trinajstić information content (AvgIpc) is 2.53. The molecular weight excluding hydrogens is 212 g/mol. The summed E-state index contributed by atoms with van der Waals surface area (Å²) in [6.45, 7) is 5.46. The standard InChI is InChI=1S/C10H22N2O2S/c1-9(2)8-15(13,14)12-7-5-10-4-3-6-11-10/h9-12H,3-8H2,1-2H3/t10-/m1/s1. The molecule has 1 fully saturated rings. The zero-order valence-electron chi connectivity index (χ0n) is 9.62. The first-order valence-electron chi connectivity index (χ1n) is 5.70. The molecule has 1 aliphatic rings. The Bertz CT molecular complexity index is 269. The SMILES string of the molecule is CC(C)CS(=O)(=O)NCC[C@H]1CCCN1. The highest BCUT2D eigenvalue weighted by Crippen LogP contribution is 2.08. The first-order chi connectivity index (χ1) is 6.99. The molecule has 1 heterocycles. The molecule has 0 saturated carbocycles. The third-order valence-corrected chi connectivity index (χ3v) is 4.28. The van der Waals surface area contributed by atoms with Crippen LogP contribution < -0.4 is 10.0 Å². The molecule has 0 spiro atoms. The molecule has 90 valence electrons. The molecule has 0 aliphatic carbocycles. The third kappa shape index (κ3) is 5.49. The van der Waals surface area contributed by atoms with Crippen molar-refractivity contribution in [2.24, 2.45) is 5.92 Å². The van der Waals surface area contributed by atoms with Gasteiger partial charge in [0.2, 0.25) is 10.0 Å². The summed E-state index contributed by atoms with van der Waals surface area (Å²) in [4.78, 5) is 0. The predicted octanol–water partition coefficient (Wildman–Crippen LogP) is 0.704. The molecule has 0 aromatic rings. The van der Waals surface area contributed by atoms with E-state index in [1.54, 1.807) is 0 Å². The summed E-state index contributed by atoms with van der Waals surface area (Å²) >= 11 is 0. The highest BCUT2D eigenvalue weighted by atomic mass is 32.2. The van der Waals surface area contributed by atoms with E-state index in [0.29, 0.717) is 12.6 Å². The van der Waals surface area contributed by atoms with Crippen LogP contribution in [-0.2, 0) is 10.0 Å². The van der Waals surface area contributed by atoms with Crippen LogP contribution in [0.25, 0.3) is 0 Å². The second-order valence-electron chi connectivity index (χ2n) is 4.65. The Balaban J connectivity index is 2.18. The lowest BCUT2D eigenvalue weighted by Gasteiger charge is -2.12. The van der Waals surface area contributed by atoms with Crippen molar-refractivity contribution in [1.29, 1.82) is 0 Å². The topological polar surface area (TPSA) is 58.2 Å². The molecule has 15 heavy (non-hydrogen) atoms. The summed E-state index contributed by atoms with van der Waals surface area (Å²) in [5.41, 5.74) is 0. The number of hydrogen-bond donors (Lipinski definition) is 2. The minimum atomic E-state index is -3.05. The van der Waals surface area contributed by atoms with Gasteiger partial charge in [-0.25, -0.2) is 13.1 Å². The molecule has 0 aromatic heterocycles. The molecule has 1 atom stereocenters. The summed E-state index contributed by atoms with van der Waals surface area (Å²) in [7, 11) is -3.05. The Morgan fingerprint density at radius 3 is 2.73 bits per heavy atom. The van der Waals surface area contributed by atoms with Gasteiger partial charge in [-0.1, -0.05) is 13.8 Å². The molecule has 0 amide bonds. The van der Waals surface area contributed by atoms with Crippen molar-refractivity contribution in [1.82, 2.24) is 10.0 Å². The molecule has 2 N–H and O–H groups in total. The first-order valence-corrected chi connectivity index (χ1v) is 7.35. The maximum Gasteiger partial charge on any atom is 0.211 e. The fraction of sp³-hybridized carbons (Fsp3) is 1.00. The maximum absolute atomic E-state index is 11.5. The first kappa shape index (κ1) is 12.9. The summed E-state index contributed by atoms with van der Waals surface area (Å²) in [6, 6.07) is 0.506. The fourth-order valence-electron chi connectivity index (χ4n) is 1.89. The van der Waals surface area contributed by atoms with Crippen molar-refractivity contribution in [2.75, 3.05) is 18.8 Å². The van der Waals surface area contributed by atoms with E-state index in [1.165, 1.54) is 12.8 Å². The molecule has 1 saturated heterocycles. The molecular formula is C10H22N2O2S.